The van der Waals surface area contributed by atoms with Crippen LogP contribution in [0.25, 0.3) is 0 Å². The highest BCUT2D eigenvalue weighted by molar-refractivity contribution is 5.92. The molecule has 0 spiro atoms. The van der Waals surface area contributed by atoms with Gasteiger partial charge in [-0.05, 0) is 70.0 Å². The second-order valence-electron chi connectivity index (χ2n) is 7.09. The fourth-order valence-corrected chi connectivity index (χ4v) is 3.72. The monoisotopic (exact) mass is 359 g/mol. The molecule has 0 aromatic heterocycles. The second-order valence-corrected chi connectivity index (χ2v) is 7.09. The number of rotatable bonds is 6. The first-order valence-electron chi connectivity index (χ1n) is 9.69. The van der Waals surface area contributed by atoms with Crippen LogP contribution in [-0.2, 0) is 14.3 Å². The normalized spacial score (nSPS) is 18.7. The molecule has 0 saturated carbocycles. The van der Waals surface area contributed by atoms with Gasteiger partial charge in [0.05, 0.1) is 19.1 Å². The molecular formula is C20H29N3O3. The van der Waals surface area contributed by atoms with Crippen LogP contribution in [0.4, 0.5) is 11.4 Å². The summed E-state index contributed by atoms with van der Waals surface area (Å²) in [6, 6.07) is 8.09. The van der Waals surface area contributed by atoms with Crippen molar-refractivity contribution < 1.29 is 14.3 Å². The molecule has 1 aromatic carbocycles. The maximum atomic E-state index is 12.3. The fourth-order valence-electron chi connectivity index (χ4n) is 3.72. The Hall–Kier alpha value is -2.08. The lowest BCUT2D eigenvalue weighted by molar-refractivity contribution is -0.149. The quantitative estimate of drug-likeness (QED) is 0.791. The summed E-state index contributed by atoms with van der Waals surface area (Å²) in [5.41, 5.74) is 2.06. The van der Waals surface area contributed by atoms with Crippen molar-refractivity contribution >= 4 is 23.3 Å². The zero-order valence-corrected chi connectivity index (χ0v) is 15.6. The number of amides is 1. The molecule has 0 bridgehead atoms. The molecule has 26 heavy (non-hydrogen) atoms. The number of benzene rings is 1. The Morgan fingerprint density at radius 2 is 1.73 bits per heavy atom. The summed E-state index contributed by atoms with van der Waals surface area (Å²) in [6.45, 7) is 6.37. The summed E-state index contributed by atoms with van der Waals surface area (Å²) in [4.78, 5) is 28.5. The first kappa shape index (κ1) is 18.7. The van der Waals surface area contributed by atoms with Crippen molar-refractivity contribution in [3.05, 3.63) is 24.3 Å². The van der Waals surface area contributed by atoms with E-state index in [1.165, 1.54) is 18.5 Å². The van der Waals surface area contributed by atoms with Gasteiger partial charge in [-0.25, -0.2) is 0 Å². The Labute approximate surface area is 155 Å². The van der Waals surface area contributed by atoms with Gasteiger partial charge in [-0.1, -0.05) is 0 Å². The molecule has 1 N–H and O–H groups in total. The molecule has 0 unspecified atom stereocenters. The highest BCUT2D eigenvalue weighted by Gasteiger charge is 2.26. The van der Waals surface area contributed by atoms with Gasteiger partial charge in [0, 0.05) is 24.5 Å². The highest BCUT2D eigenvalue weighted by Crippen LogP contribution is 2.22. The van der Waals surface area contributed by atoms with Crippen molar-refractivity contribution in [3.63, 3.8) is 0 Å². The van der Waals surface area contributed by atoms with Gasteiger partial charge in [-0.3, -0.25) is 14.5 Å². The van der Waals surface area contributed by atoms with Gasteiger partial charge in [-0.15, -0.1) is 0 Å². The first-order chi connectivity index (χ1) is 12.7. The number of hydrogen-bond acceptors (Lipinski definition) is 5. The van der Waals surface area contributed by atoms with Crippen molar-refractivity contribution in [3.8, 4) is 0 Å². The molecule has 142 valence electrons. The van der Waals surface area contributed by atoms with E-state index >= 15 is 0 Å². The van der Waals surface area contributed by atoms with Gasteiger partial charge in [0.15, 0.2) is 0 Å². The average Bonchev–Trinajstić information content (AvgIpc) is 3.18. The molecule has 6 nitrogen and oxygen atoms in total. The fraction of sp³-hybridized carbons (Fsp3) is 0.600. The SMILES string of the molecule is CCOC(=O)C1CCN(CC(=O)Nc2ccc(N3CCCC3)cc2)CC1. The van der Waals surface area contributed by atoms with E-state index < -0.39 is 0 Å². The van der Waals surface area contributed by atoms with E-state index in [-0.39, 0.29) is 17.8 Å². The molecule has 0 aliphatic carbocycles. The number of nitrogens with one attached hydrogen (secondary N) is 1. The topological polar surface area (TPSA) is 61.9 Å². The predicted octanol–water partition coefficient (Wildman–Crippen LogP) is 2.50. The van der Waals surface area contributed by atoms with Crippen LogP contribution in [0.1, 0.15) is 32.6 Å². The lowest BCUT2D eigenvalue weighted by atomic mass is 9.97. The van der Waals surface area contributed by atoms with Gasteiger partial charge in [0.1, 0.15) is 0 Å². The average molecular weight is 359 g/mol. The molecule has 2 heterocycles. The first-order valence-corrected chi connectivity index (χ1v) is 9.69. The number of likely N-dealkylation sites (tertiary alicyclic amines) is 1. The summed E-state index contributed by atoms with van der Waals surface area (Å²) in [5.74, 6) is -0.129. The molecule has 0 radical (unpaired) electrons. The number of carbonyl (C=O) groups excluding carboxylic acids is 2. The van der Waals surface area contributed by atoms with Crippen molar-refractivity contribution in [2.24, 2.45) is 5.92 Å². The smallest absolute Gasteiger partial charge is 0.309 e. The minimum atomic E-state index is -0.102. The van der Waals surface area contributed by atoms with E-state index in [1.807, 2.05) is 19.1 Å². The van der Waals surface area contributed by atoms with Crippen molar-refractivity contribution in [1.29, 1.82) is 0 Å². The van der Waals surface area contributed by atoms with Gasteiger partial charge >= 0.3 is 5.97 Å². The lowest BCUT2D eigenvalue weighted by Crippen LogP contribution is -2.41. The van der Waals surface area contributed by atoms with Crippen LogP contribution >= 0.6 is 0 Å². The Morgan fingerprint density at radius 1 is 1.08 bits per heavy atom. The Bertz CT molecular complexity index is 603. The molecule has 1 amide bonds. The molecule has 2 aliphatic rings. The molecule has 1 aromatic rings. The largest absolute Gasteiger partial charge is 0.466 e. The number of carbonyl (C=O) groups is 2. The highest BCUT2D eigenvalue weighted by atomic mass is 16.5. The Kier molecular flexibility index (Phi) is 6.50. The van der Waals surface area contributed by atoms with Crippen molar-refractivity contribution in [2.75, 3.05) is 49.5 Å². The van der Waals surface area contributed by atoms with Gasteiger partial charge in [0.2, 0.25) is 5.91 Å². The van der Waals surface area contributed by atoms with Crippen LogP contribution < -0.4 is 10.2 Å². The maximum Gasteiger partial charge on any atom is 0.309 e. The van der Waals surface area contributed by atoms with Crippen LogP contribution in [0.3, 0.4) is 0 Å². The van der Waals surface area contributed by atoms with Crippen molar-refractivity contribution in [1.82, 2.24) is 4.90 Å². The number of piperidine rings is 1. The molecular weight excluding hydrogens is 330 g/mol. The van der Waals surface area contributed by atoms with E-state index in [0.29, 0.717) is 13.2 Å². The van der Waals surface area contributed by atoms with Crippen LogP contribution in [0.15, 0.2) is 24.3 Å². The summed E-state index contributed by atoms with van der Waals surface area (Å²) >= 11 is 0. The van der Waals surface area contributed by atoms with Gasteiger partial charge in [0.25, 0.3) is 0 Å². The van der Waals surface area contributed by atoms with Crippen LogP contribution in [0.5, 0.6) is 0 Å². The number of nitrogens with zero attached hydrogens (tertiary/aromatic N) is 2. The minimum Gasteiger partial charge on any atom is -0.466 e. The van der Waals surface area contributed by atoms with E-state index in [0.717, 1.165) is 44.7 Å². The molecule has 2 fully saturated rings. The second kappa shape index (κ2) is 9.03. The minimum absolute atomic E-state index is 0.00601. The van der Waals surface area contributed by atoms with E-state index in [1.54, 1.807) is 0 Å². The zero-order chi connectivity index (χ0) is 18.4. The standard InChI is InChI=1S/C20H29N3O3/c1-2-26-20(25)16-9-13-22(14-10-16)15-19(24)21-17-5-7-18(8-6-17)23-11-3-4-12-23/h5-8,16H,2-4,9-15H2,1H3,(H,21,24). The number of anilines is 2. The summed E-state index contributed by atoms with van der Waals surface area (Å²) in [7, 11) is 0. The van der Waals surface area contributed by atoms with E-state index in [2.05, 4.69) is 27.2 Å². The van der Waals surface area contributed by atoms with Crippen LogP contribution in [-0.4, -0.2) is 56.1 Å². The number of hydrogen-bond donors (Lipinski definition) is 1. The molecule has 3 rings (SSSR count). The summed E-state index contributed by atoms with van der Waals surface area (Å²) in [5, 5.41) is 2.97. The molecule has 0 atom stereocenters. The van der Waals surface area contributed by atoms with E-state index in [9.17, 15) is 9.59 Å². The third-order valence-electron chi connectivity index (χ3n) is 5.20. The van der Waals surface area contributed by atoms with Crippen molar-refractivity contribution in [2.45, 2.75) is 32.6 Å². The molecule has 6 heteroatoms. The van der Waals surface area contributed by atoms with Gasteiger partial charge < -0.3 is 15.0 Å². The number of ether oxygens (including phenoxy) is 1. The number of esters is 1. The van der Waals surface area contributed by atoms with E-state index in [4.69, 9.17) is 4.74 Å². The Morgan fingerprint density at radius 3 is 2.35 bits per heavy atom. The zero-order valence-electron chi connectivity index (χ0n) is 15.6. The van der Waals surface area contributed by atoms with Crippen LogP contribution in [0, 0.1) is 5.92 Å². The van der Waals surface area contributed by atoms with Crippen LogP contribution in [0.2, 0.25) is 0 Å². The summed E-state index contributed by atoms with van der Waals surface area (Å²) in [6.07, 6.45) is 4.03. The Balaban J connectivity index is 1.42. The molecule has 2 aliphatic heterocycles. The molecule has 2 saturated heterocycles. The summed E-state index contributed by atoms with van der Waals surface area (Å²) < 4.78 is 5.08. The third-order valence-corrected chi connectivity index (χ3v) is 5.20. The lowest BCUT2D eigenvalue weighted by Gasteiger charge is -2.30. The maximum absolute atomic E-state index is 12.3. The van der Waals surface area contributed by atoms with Gasteiger partial charge in [-0.2, -0.15) is 0 Å². The third kappa shape index (κ3) is 4.97. The predicted molar refractivity (Wildman–Crippen MR) is 102 cm³/mol.